The molecule has 1 aromatic rings. The van der Waals surface area contributed by atoms with Crippen molar-refractivity contribution < 1.29 is 9.47 Å². The third-order valence-corrected chi connectivity index (χ3v) is 2.14. The summed E-state index contributed by atoms with van der Waals surface area (Å²) in [5.74, 6) is 0.771. The van der Waals surface area contributed by atoms with Gasteiger partial charge in [-0.25, -0.2) is 0 Å². The van der Waals surface area contributed by atoms with Gasteiger partial charge in [-0.1, -0.05) is 18.7 Å². The van der Waals surface area contributed by atoms with E-state index in [1.807, 2.05) is 18.2 Å². The Hall–Kier alpha value is -0.800. The van der Waals surface area contributed by atoms with Crippen LogP contribution < -0.4 is 4.74 Å². The number of benzene rings is 1. The molecule has 0 spiro atoms. The summed E-state index contributed by atoms with van der Waals surface area (Å²) >= 11 is 3.39. The fourth-order valence-corrected chi connectivity index (χ4v) is 1.39. The summed E-state index contributed by atoms with van der Waals surface area (Å²) < 4.78 is 11.0. The molecule has 0 N–H and O–H groups in total. The Balaban J connectivity index is 2.79. The molecule has 0 radical (unpaired) electrons. The maximum atomic E-state index is 5.28. The van der Waals surface area contributed by atoms with Crippen LogP contribution in [0, 0.1) is 0 Å². The Morgan fingerprint density at radius 3 is 2.85 bits per heavy atom. The van der Waals surface area contributed by atoms with Crippen molar-refractivity contribution >= 4 is 22.0 Å². The third-order valence-electron chi connectivity index (χ3n) is 1.52. The van der Waals surface area contributed by atoms with Crippen molar-refractivity contribution in [2.24, 2.45) is 0 Å². The minimum Gasteiger partial charge on any atom is -0.466 e. The zero-order valence-electron chi connectivity index (χ0n) is 7.42. The van der Waals surface area contributed by atoms with Gasteiger partial charge in [0.1, 0.15) is 5.75 Å². The molecule has 0 fully saturated rings. The van der Waals surface area contributed by atoms with E-state index in [1.165, 1.54) is 0 Å². The Labute approximate surface area is 86.3 Å². The van der Waals surface area contributed by atoms with Crippen LogP contribution >= 0.6 is 15.9 Å². The lowest BCUT2D eigenvalue weighted by Gasteiger charge is -2.06. The van der Waals surface area contributed by atoms with Gasteiger partial charge >= 0.3 is 0 Å². The molecule has 0 saturated carbocycles. The van der Waals surface area contributed by atoms with Gasteiger partial charge < -0.3 is 9.47 Å². The second-order valence-corrected chi connectivity index (χ2v) is 3.30. The highest BCUT2D eigenvalue weighted by atomic mass is 79.9. The average molecular weight is 243 g/mol. The number of methoxy groups -OCH3 is 1. The van der Waals surface area contributed by atoms with E-state index in [9.17, 15) is 0 Å². The maximum Gasteiger partial charge on any atom is 0.188 e. The fraction of sp³-hybridized carbons (Fsp3) is 0.200. The van der Waals surface area contributed by atoms with E-state index in [2.05, 4.69) is 22.5 Å². The van der Waals surface area contributed by atoms with Crippen LogP contribution in [-0.2, 0) is 4.74 Å². The standard InChI is InChI=1S/C10H11BrO2/c1-3-8-4-5-10(9(11)6-8)13-7-12-2/h3-6H,1,7H2,2H3. The van der Waals surface area contributed by atoms with E-state index < -0.39 is 0 Å². The van der Waals surface area contributed by atoms with Crippen molar-refractivity contribution in [2.45, 2.75) is 0 Å². The molecular weight excluding hydrogens is 232 g/mol. The highest BCUT2D eigenvalue weighted by Gasteiger charge is 2.00. The molecule has 0 unspecified atom stereocenters. The summed E-state index contributed by atoms with van der Waals surface area (Å²) in [6.07, 6.45) is 1.78. The van der Waals surface area contributed by atoms with Crippen LogP contribution in [0.15, 0.2) is 29.3 Å². The first-order valence-corrected chi connectivity index (χ1v) is 4.61. The molecule has 0 amide bonds. The second kappa shape index (κ2) is 5.04. The molecule has 1 rings (SSSR count). The normalized spacial score (nSPS) is 9.69. The van der Waals surface area contributed by atoms with Gasteiger partial charge in [-0.05, 0) is 33.6 Å². The molecule has 0 aliphatic carbocycles. The summed E-state index contributed by atoms with van der Waals surface area (Å²) in [5.41, 5.74) is 1.05. The first kappa shape index (κ1) is 10.3. The molecule has 0 bridgehead atoms. The lowest BCUT2D eigenvalue weighted by atomic mass is 10.2. The van der Waals surface area contributed by atoms with Crippen molar-refractivity contribution in [1.82, 2.24) is 0 Å². The maximum absolute atomic E-state index is 5.28. The predicted molar refractivity (Wildman–Crippen MR) is 56.7 cm³/mol. The van der Waals surface area contributed by atoms with Crippen molar-refractivity contribution in [2.75, 3.05) is 13.9 Å². The smallest absolute Gasteiger partial charge is 0.188 e. The average Bonchev–Trinajstić information content (AvgIpc) is 2.16. The topological polar surface area (TPSA) is 18.5 Å². The predicted octanol–water partition coefficient (Wildman–Crippen LogP) is 3.07. The van der Waals surface area contributed by atoms with Gasteiger partial charge in [-0.2, -0.15) is 0 Å². The SMILES string of the molecule is C=Cc1ccc(OCOC)c(Br)c1. The van der Waals surface area contributed by atoms with Gasteiger partial charge in [-0.3, -0.25) is 0 Å². The van der Waals surface area contributed by atoms with Crippen molar-refractivity contribution in [3.05, 3.63) is 34.8 Å². The number of rotatable bonds is 4. The Bertz CT molecular complexity index is 297. The Kier molecular flexibility index (Phi) is 3.99. The van der Waals surface area contributed by atoms with Crippen LogP contribution in [0.4, 0.5) is 0 Å². The number of halogens is 1. The third kappa shape index (κ3) is 2.86. The van der Waals surface area contributed by atoms with Crippen molar-refractivity contribution in [3.8, 4) is 5.75 Å². The minimum atomic E-state index is 0.256. The summed E-state index contributed by atoms with van der Waals surface area (Å²) in [6, 6.07) is 5.75. The van der Waals surface area contributed by atoms with Crippen LogP contribution in [0.3, 0.4) is 0 Å². The summed E-state index contributed by atoms with van der Waals surface area (Å²) in [7, 11) is 1.59. The number of hydrogen-bond acceptors (Lipinski definition) is 2. The molecule has 0 aliphatic heterocycles. The lowest BCUT2D eigenvalue weighted by molar-refractivity contribution is 0.0506. The van der Waals surface area contributed by atoms with E-state index in [0.29, 0.717) is 0 Å². The zero-order chi connectivity index (χ0) is 9.68. The van der Waals surface area contributed by atoms with Gasteiger partial charge in [0, 0.05) is 7.11 Å². The Morgan fingerprint density at radius 1 is 1.54 bits per heavy atom. The second-order valence-electron chi connectivity index (χ2n) is 2.44. The summed E-state index contributed by atoms with van der Waals surface area (Å²) in [6.45, 7) is 3.93. The van der Waals surface area contributed by atoms with E-state index in [1.54, 1.807) is 13.2 Å². The Morgan fingerprint density at radius 2 is 2.31 bits per heavy atom. The first-order chi connectivity index (χ1) is 6.27. The highest BCUT2D eigenvalue weighted by molar-refractivity contribution is 9.10. The molecular formula is C10H11BrO2. The van der Waals surface area contributed by atoms with E-state index in [4.69, 9.17) is 9.47 Å². The van der Waals surface area contributed by atoms with Gasteiger partial charge in [0.05, 0.1) is 4.47 Å². The molecule has 2 nitrogen and oxygen atoms in total. The lowest BCUT2D eigenvalue weighted by Crippen LogP contribution is -1.99. The van der Waals surface area contributed by atoms with Crippen LogP contribution in [0.5, 0.6) is 5.75 Å². The molecule has 0 aromatic heterocycles. The minimum absolute atomic E-state index is 0.256. The van der Waals surface area contributed by atoms with Crippen molar-refractivity contribution in [3.63, 3.8) is 0 Å². The van der Waals surface area contributed by atoms with Gasteiger partial charge in [0.15, 0.2) is 6.79 Å². The molecule has 1 aromatic carbocycles. The summed E-state index contributed by atoms with van der Waals surface area (Å²) in [4.78, 5) is 0. The van der Waals surface area contributed by atoms with Crippen LogP contribution in [-0.4, -0.2) is 13.9 Å². The van der Waals surface area contributed by atoms with Gasteiger partial charge in [-0.15, -0.1) is 0 Å². The van der Waals surface area contributed by atoms with E-state index >= 15 is 0 Å². The van der Waals surface area contributed by atoms with Crippen molar-refractivity contribution in [1.29, 1.82) is 0 Å². The zero-order valence-corrected chi connectivity index (χ0v) is 9.00. The van der Waals surface area contributed by atoms with Gasteiger partial charge in [0.25, 0.3) is 0 Å². The largest absolute Gasteiger partial charge is 0.466 e. The van der Waals surface area contributed by atoms with E-state index in [-0.39, 0.29) is 6.79 Å². The molecule has 70 valence electrons. The first-order valence-electron chi connectivity index (χ1n) is 3.81. The van der Waals surface area contributed by atoms with E-state index in [0.717, 1.165) is 15.8 Å². The fourth-order valence-electron chi connectivity index (χ4n) is 0.884. The van der Waals surface area contributed by atoms with Gasteiger partial charge in [0.2, 0.25) is 0 Å². The molecule has 0 saturated heterocycles. The monoisotopic (exact) mass is 242 g/mol. The molecule has 0 aliphatic rings. The summed E-state index contributed by atoms with van der Waals surface area (Å²) in [5, 5.41) is 0. The molecule has 0 heterocycles. The molecule has 13 heavy (non-hydrogen) atoms. The van der Waals surface area contributed by atoms with Crippen LogP contribution in [0.2, 0.25) is 0 Å². The quantitative estimate of drug-likeness (QED) is 0.756. The highest BCUT2D eigenvalue weighted by Crippen LogP contribution is 2.26. The molecule has 3 heteroatoms. The van der Waals surface area contributed by atoms with Crippen LogP contribution in [0.1, 0.15) is 5.56 Å². The molecule has 0 atom stereocenters. The number of ether oxygens (including phenoxy) is 2. The van der Waals surface area contributed by atoms with Crippen LogP contribution in [0.25, 0.3) is 6.08 Å². The number of hydrogen-bond donors (Lipinski definition) is 0.